The summed E-state index contributed by atoms with van der Waals surface area (Å²) in [4.78, 5) is 32.4. The highest BCUT2D eigenvalue weighted by Crippen LogP contribution is 2.17. The number of unbranched alkanes of at least 4 members (excludes halogenated alkanes) is 5. The number of carbonyl (C=O) groups is 2. The van der Waals surface area contributed by atoms with Crippen LogP contribution in [0.5, 0.6) is 0 Å². The van der Waals surface area contributed by atoms with Gasteiger partial charge in [0.15, 0.2) is 5.13 Å². The molecule has 0 atom stereocenters. The van der Waals surface area contributed by atoms with Crippen molar-refractivity contribution in [3.05, 3.63) is 46.5 Å². The van der Waals surface area contributed by atoms with Crippen LogP contribution in [0.3, 0.4) is 0 Å². The van der Waals surface area contributed by atoms with E-state index in [2.05, 4.69) is 24.1 Å². The van der Waals surface area contributed by atoms with Crippen molar-refractivity contribution in [1.29, 1.82) is 0 Å². The second-order valence-corrected chi connectivity index (χ2v) is 9.00. The fraction of sp³-hybridized carbons (Fsp3) is 0.542. The van der Waals surface area contributed by atoms with Gasteiger partial charge in [-0.2, -0.15) is 0 Å². The van der Waals surface area contributed by atoms with Crippen LogP contribution in [0.1, 0.15) is 79.6 Å². The van der Waals surface area contributed by atoms with Gasteiger partial charge in [-0.15, -0.1) is 11.3 Å². The lowest BCUT2D eigenvalue weighted by Gasteiger charge is -2.22. The number of thiazole rings is 1. The normalized spacial score (nSPS) is 10.8. The molecule has 2 aromatic rings. The second-order valence-electron chi connectivity index (χ2n) is 7.77. The third kappa shape index (κ3) is 8.27. The van der Waals surface area contributed by atoms with E-state index in [1.165, 1.54) is 42.6 Å². The van der Waals surface area contributed by atoms with E-state index in [4.69, 9.17) is 0 Å². The molecule has 30 heavy (non-hydrogen) atoms. The molecule has 0 bridgehead atoms. The van der Waals surface area contributed by atoms with E-state index in [1.807, 2.05) is 31.2 Å². The fourth-order valence-electron chi connectivity index (χ4n) is 3.30. The summed E-state index contributed by atoms with van der Waals surface area (Å²) in [6.07, 6.45) is 10.7. The Kier molecular flexibility index (Phi) is 10.6. The van der Waals surface area contributed by atoms with Gasteiger partial charge < -0.3 is 10.2 Å². The highest BCUT2D eigenvalue weighted by atomic mass is 32.1. The zero-order valence-corrected chi connectivity index (χ0v) is 19.4. The zero-order valence-electron chi connectivity index (χ0n) is 18.6. The van der Waals surface area contributed by atoms with E-state index in [0.29, 0.717) is 17.2 Å². The quantitative estimate of drug-likeness (QED) is 0.407. The highest BCUT2D eigenvalue weighted by molar-refractivity contribution is 7.15. The summed E-state index contributed by atoms with van der Waals surface area (Å²) < 4.78 is 0. The molecule has 1 aromatic heterocycles. The molecule has 2 rings (SSSR count). The SMILES string of the molecule is CCCCCCc1ccc(C(=O)N(CCCCC)CC(=O)Nc2ncc(C)s2)cc1. The first kappa shape index (κ1) is 24.1. The minimum absolute atomic E-state index is 0.0416. The van der Waals surface area contributed by atoms with E-state index >= 15 is 0 Å². The standard InChI is InChI=1S/C24H35N3O2S/c1-4-6-8-9-11-20-12-14-21(15-13-20)23(29)27(16-10-7-5-2)18-22(28)26-24-25-17-19(3)30-24/h12-15,17H,4-11,16,18H2,1-3H3,(H,25,26,28). The molecule has 0 saturated heterocycles. The molecule has 1 aromatic carbocycles. The molecule has 0 fully saturated rings. The molecule has 0 radical (unpaired) electrons. The zero-order chi connectivity index (χ0) is 21.8. The van der Waals surface area contributed by atoms with E-state index in [1.54, 1.807) is 11.1 Å². The third-order valence-corrected chi connectivity index (χ3v) is 5.87. The molecular weight excluding hydrogens is 394 g/mol. The molecule has 2 amide bonds. The molecule has 0 aliphatic rings. The molecule has 5 nitrogen and oxygen atoms in total. The Balaban J connectivity index is 1.98. The Hall–Kier alpha value is -2.21. The maximum absolute atomic E-state index is 13.1. The summed E-state index contributed by atoms with van der Waals surface area (Å²) >= 11 is 1.43. The number of nitrogens with one attached hydrogen (secondary N) is 1. The molecule has 1 N–H and O–H groups in total. The van der Waals surface area contributed by atoms with Crippen LogP contribution < -0.4 is 5.32 Å². The molecular formula is C24H35N3O2S. The van der Waals surface area contributed by atoms with Gasteiger partial charge in [-0.05, 0) is 43.9 Å². The van der Waals surface area contributed by atoms with Crippen molar-refractivity contribution in [2.24, 2.45) is 0 Å². The molecule has 0 aliphatic carbocycles. The smallest absolute Gasteiger partial charge is 0.254 e. The van der Waals surface area contributed by atoms with Gasteiger partial charge in [0.05, 0.1) is 0 Å². The summed E-state index contributed by atoms with van der Waals surface area (Å²) in [6, 6.07) is 7.88. The number of anilines is 1. The van der Waals surface area contributed by atoms with Gasteiger partial charge >= 0.3 is 0 Å². The highest BCUT2D eigenvalue weighted by Gasteiger charge is 2.19. The predicted molar refractivity (Wildman–Crippen MR) is 125 cm³/mol. The maximum atomic E-state index is 13.1. The number of amides is 2. The fourth-order valence-corrected chi connectivity index (χ4v) is 3.98. The number of benzene rings is 1. The second kappa shape index (κ2) is 13.2. The van der Waals surface area contributed by atoms with Crippen molar-refractivity contribution >= 4 is 28.3 Å². The maximum Gasteiger partial charge on any atom is 0.254 e. The molecule has 0 spiro atoms. The van der Waals surface area contributed by atoms with Crippen molar-refractivity contribution in [1.82, 2.24) is 9.88 Å². The van der Waals surface area contributed by atoms with Crippen molar-refractivity contribution in [3.8, 4) is 0 Å². The van der Waals surface area contributed by atoms with Gasteiger partial charge in [0.25, 0.3) is 5.91 Å². The first-order valence-corrected chi connectivity index (χ1v) is 12.0. The molecule has 0 unspecified atom stereocenters. The van der Waals surface area contributed by atoms with Gasteiger partial charge in [-0.3, -0.25) is 9.59 Å². The van der Waals surface area contributed by atoms with Crippen LogP contribution in [-0.4, -0.2) is 34.8 Å². The Morgan fingerprint density at radius 1 is 1.00 bits per heavy atom. The van der Waals surface area contributed by atoms with Crippen LogP contribution in [0.25, 0.3) is 0 Å². The van der Waals surface area contributed by atoms with Gasteiger partial charge in [0.1, 0.15) is 6.54 Å². The van der Waals surface area contributed by atoms with Crippen LogP contribution >= 0.6 is 11.3 Å². The van der Waals surface area contributed by atoms with E-state index < -0.39 is 0 Å². The number of aromatic nitrogens is 1. The van der Waals surface area contributed by atoms with Crippen LogP contribution in [-0.2, 0) is 11.2 Å². The summed E-state index contributed by atoms with van der Waals surface area (Å²) in [5.41, 5.74) is 1.90. The number of nitrogens with zero attached hydrogens (tertiary/aromatic N) is 2. The third-order valence-electron chi connectivity index (χ3n) is 5.04. The summed E-state index contributed by atoms with van der Waals surface area (Å²) in [5.74, 6) is -0.296. The van der Waals surface area contributed by atoms with Crippen LogP contribution in [0.15, 0.2) is 30.5 Å². The van der Waals surface area contributed by atoms with Crippen molar-refractivity contribution in [2.75, 3.05) is 18.4 Å². The van der Waals surface area contributed by atoms with E-state index in [-0.39, 0.29) is 18.4 Å². The molecule has 1 heterocycles. The minimum atomic E-state index is -0.207. The number of hydrogen-bond acceptors (Lipinski definition) is 4. The number of carbonyl (C=O) groups excluding carboxylic acids is 2. The first-order valence-electron chi connectivity index (χ1n) is 11.1. The van der Waals surface area contributed by atoms with Crippen molar-refractivity contribution in [2.45, 2.75) is 72.1 Å². The molecule has 0 saturated carbocycles. The molecule has 0 aliphatic heterocycles. The minimum Gasteiger partial charge on any atom is -0.329 e. The van der Waals surface area contributed by atoms with E-state index in [9.17, 15) is 9.59 Å². The van der Waals surface area contributed by atoms with E-state index in [0.717, 1.165) is 30.6 Å². The Bertz CT molecular complexity index is 786. The van der Waals surface area contributed by atoms with Crippen LogP contribution in [0, 0.1) is 6.92 Å². The number of rotatable bonds is 13. The Labute approximate surface area is 184 Å². The van der Waals surface area contributed by atoms with Gasteiger partial charge in [0.2, 0.25) is 5.91 Å². The summed E-state index contributed by atoms with van der Waals surface area (Å²) in [5, 5.41) is 3.38. The van der Waals surface area contributed by atoms with Gasteiger partial charge in [-0.1, -0.05) is 58.1 Å². The van der Waals surface area contributed by atoms with Gasteiger partial charge in [0, 0.05) is 23.2 Å². The molecule has 164 valence electrons. The van der Waals surface area contributed by atoms with Crippen molar-refractivity contribution < 1.29 is 9.59 Å². The van der Waals surface area contributed by atoms with Crippen molar-refractivity contribution in [3.63, 3.8) is 0 Å². The lowest BCUT2D eigenvalue weighted by Crippen LogP contribution is -2.38. The van der Waals surface area contributed by atoms with Crippen LogP contribution in [0.4, 0.5) is 5.13 Å². The van der Waals surface area contributed by atoms with Crippen LogP contribution in [0.2, 0.25) is 0 Å². The Morgan fingerprint density at radius 3 is 2.33 bits per heavy atom. The largest absolute Gasteiger partial charge is 0.329 e. The van der Waals surface area contributed by atoms with Gasteiger partial charge in [-0.25, -0.2) is 4.98 Å². The molecule has 6 heteroatoms. The lowest BCUT2D eigenvalue weighted by molar-refractivity contribution is -0.116. The Morgan fingerprint density at radius 2 is 1.70 bits per heavy atom. The average molecular weight is 430 g/mol. The number of aryl methyl sites for hydroxylation is 2. The lowest BCUT2D eigenvalue weighted by atomic mass is 10.0. The first-order chi connectivity index (χ1) is 14.5. The predicted octanol–water partition coefficient (Wildman–Crippen LogP) is 5.85. The monoisotopic (exact) mass is 429 g/mol. The topological polar surface area (TPSA) is 62.3 Å². The summed E-state index contributed by atoms with van der Waals surface area (Å²) in [6.45, 7) is 6.91. The average Bonchev–Trinajstić information content (AvgIpc) is 3.15. The number of hydrogen-bond donors (Lipinski definition) is 1. The summed E-state index contributed by atoms with van der Waals surface area (Å²) in [7, 11) is 0.